The van der Waals surface area contributed by atoms with E-state index in [0.29, 0.717) is 28.4 Å². The Morgan fingerprint density at radius 1 is 1.22 bits per heavy atom. The summed E-state index contributed by atoms with van der Waals surface area (Å²) in [5.41, 5.74) is 0.956. The largest absolute Gasteiger partial charge is 0.491 e. The molecule has 1 atom stereocenters. The van der Waals surface area contributed by atoms with E-state index in [1.807, 2.05) is 6.92 Å². The lowest BCUT2D eigenvalue weighted by molar-refractivity contribution is 0.0589. The molecule has 4 bridgehead atoms. The highest BCUT2D eigenvalue weighted by atomic mass is 16.6. The molecule has 12 heteroatoms. The van der Waals surface area contributed by atoms with Gasteiger partial charge < -0.3 is 20.1 Å². The number of carbonyl (C=O) groups excluding carboxylic acids is 2. The summed E-state index contributed by atoms with van der Waals surface area (Å²) in [7, 11) is 1.58. The number of nitrogens with zero attached hydrogens (tertiary/aromatic N) is 6. The number of hydrogen-bond donors (Lipinski definition) is 2. The first-order valence-electron chi connectivity index (χ1n) is 11.4. The maximum atomic E-state index is 13.0. The van der Waals surface area contributed by atoms with E-state index in [1.165, 1.54) is 15.6 Å². The number of nitrogens with one attached hydrogen (secondary N) is 2. The van der Waals surface area contributed by atoms with Crippen LogP contribution in [0.5, 0.6) is 5.75 Å². The monoisotopic (exact) mass is 490 g/mol. The van der Waals surface area contributed by atoms with E-state index in [9.17, 15) is 9.59 Å². The van der Waals surface area contributed by atoms with Gasteiger partial charge in [0.15, 0.2) is 17.2 Å². The number of imidazole rings is 1. The SMILES string of the molecule is C[C@@H]1COc2ccnc3cnc(cc23)Nc2nn3c(cnc3cc2N(C)C(=O)OC(C)(C)C)C(=O)N1. The molecule has 4 aromatic rings. The normalized spacial score (nSPS) is 15.8. The van der Waals surface area contributed by atoms with Gasteiger partial charge in [-0.1, -0.05) is 0 Å². The highest BCUT2D eigenvalue weighted by molar-refractivity contribution is 5.95. The van der Waals surface area contributed by atoms with Crippen molar-refractivity contribution in [2.75, 3.05) is 23.9 Å². The van der Waals surface area contributed by atoms with Crippen molar-refractivity contribution in [1.29, 1.82) is 0 Å². The Morgan fingerprint density at radius 3 is 2.81 bits per heavy atom. The van der Waals surface area contributed by atoms with Crippen molar-refractivity contribution in [3.8, 4) is 5.75 Å². The van der Waals surface area contributed by atoms with Gasteiger partial charge in [0.25, 0.3) is 5.91 Å². The summed E-state index contributed by atoms with van der Waals surface area (Å²) in [6, 6.07) is 4.91. The maximum Gasteiger partial charge on any atom is 0.414 e. The molecule has 4 aromatic heterocycles. The third-order valence-corrected chi connectivity index (χ3v) is 5.43. The lowest BCUT2D eigenvalue weighted by Gasteiger charge is -2.26. The van der Waals surface area contributed by atoms with Crippen LogP contribution in [0.15, 0.2) is 36.8 Å². The van der Waals surface area contributed by atoms with Crippen LogP contribution in [0, 0.1) is 0 Å². The maximum absolute atomic E-state index is 13.0. The third-order valence-electron chi connectivity index (χ3n) is 5.43. The van der Waals surface area contributed by atoms with Gasteiger partial charge in [-0.25, -0.2) is 19.3 Å². The smallest absolute Gasteiger partial charge is 0.414 e. The lowest BCUT2D eigenvalue weighted by atomic mass is 10.2. The van der Waals surface area contributed by atoms with Crippen molar-refractivity contribution >= 4 is 45.9 Å². The van der Waals surface area contributed by atoms with Crippen molar-refractivity contribution < 1.29 is 19.1 Å². The molecule has 0 saturated carbocycles. The average molecular weight is 491 g/mol. The summed E-state index contributed by atoms with van der Waals surface area (Å²) in [5.74, 6) is 0.954. The number of anilines is 3. The zero-order valence-electron chi connectivity index (χ0n) is 20.6. The Morgan fingerprint density at radius 2 is 2.03 bits per heavy atom. The lowest BCUT2D eigenvalue weighted by Crippen LogP contribution is -2.37. The van der Waals surface area contributed by atoms with Crippen LogP contribution in [0.1, 0.15) is 38.2 Å². The van der Waals surface area contributed by atoms with Gasteiger partial charge in [-0.05, 0) is 39.8 Å². The molecule has 1 aliphatic rings. The van der Waals surface area contributed by atoms with E-state index in [2.05, 4.69) is 30.7 Å². The average Bonchev–Trinajstić information content (AvgIpc) is 3.23. The van der Waals surface area contributed by atoms with Crippen LogP contribution in [0.3, 0.4) is 0 Å². The number of ether oxygens (including phenoxy) is 2. The van der Waals surface area contributed by atoms with Crippen LogP contribution >= 0.6 is 0 Å². The molecular weight excluding hydrogens is 464 g/mol. The van der Waals surface area contributed by atoms with E-state index in [1.54, 1.807) is 58.4 Å². The second-order valence-electron chi connectivity index (χ2n) is 9.54. The van der Waals surface area contributed by atoms with Crippen LogP contribution in [0.2, 0.25) is 0 Å². The molecular formula is C24H26N8O4. The molecule has 0 aliphatic carbocycles. The van der Waals surface area contributed by atoms with Crippen molar-refractivity contribution in [3.63, 3.8) is 0 Å². The standard InChI is InChI=1S/C24H26N8O4/c1-13-12-35-18-6-7-25-15-10-26-19(8-14(15)18)29-21-16(31(5)23(34)36-24(2,3)4)9-20-27-11-17(22(33)28-13)32(20)30-21/h6-11,13H,12H2,1-5H3,(H,28,33)(H,26,29,30)/t13-/m1/s1. The highest BCUT2D eigenvalue weighted by Gasteiger charge is 2.26. The predicted molar refractivity (Wildman–Crippen MR) is 133 cm³/mol. The van der Waals surface area contributed by atoms with Crippen LogP contribution in [0.25, 0.3) is 16.6 Å². The van der Waals surface area contributed by atoms with E-state index >= 15 is 0 Å². The summed E-state index contributed by atoms with van der Waals surface area (Å²) in [4.78, 5) is 40.4. The molecule has 5 heterocycles. The van der Waals surface area contributed by atoms with Crippen molar-refractivity contribution in [1.82, 2.24) is 29.9 Å². The summed E-state index contributed by atoms with van der Waals surface area (Å²) < 4.78 is 13.0. The Kier molecular flexibility index (Phi) is 5.58. The van der Waals surface area contributed by atoms with Gasteiger partial charge in [-0.2, -0.15) is 0 Å². The number of carbonyl (C=O) groups is 2. The van der Waals surface area contributed by atoms with Crippen molar-refractivity contribution in [2.45, 2.75) is 39.3 Å². The fourth-order valence-electron chi connectivity index (χ4n) is 3.73. The topological polar surface area (TPSA) is 136 Å². The Labute approximate surface area is 206 Å². The zero-order valence-corrected chi connectivity index (χ0v) is 20.6. The number of aromatic nitrogens is 5. The molecule has 0 unspecified atom stereocenters. The molecule has 1 aliphatic heterocycles. The molecule has 0 saturated heterocycles. The summed E-state index contributed by atoms with van der Waals surface area (Å²) in [5, 5.41) is 11.4. The number of fused-ring (bicyclic) bond motifs is 2. The molecule has 36 heavy (non-hydrogen) atoms. The first kappa shape index (κ1) is 23.3. The van der Waals surface area contributed by atoms with Gasteiger partial charge >= 0.3 is 6.09 Å². The van der Waals surface area contributed by atoms with Gasteiger partial charge in [0.05, 0.1) is 29.6 Å². The summed E-state index contributed by atoms with van der Waals surface area (Å²) >= 11 is 0. The van der Waals surface area contributed by atoms with Gasteiger partial charge in [-0.15, -0.1) is 5.10 Å². The fraction of sp³-hybridized carbons (Fsp3) is 0.333. The first-order chi connectivity index (χ1) is 17.1. The Balaban J connectivity index is 1.68. The number of hydrogen-bond acceptors (Lipinski definition) is 9. The molecule has 0 radical (unpaired) electrons. The minimum Gasteiger partial charge on any atom is -0.491 e. The van der Waals surface area contributed by atoms with E-state index in [4.69, 9.17) is 9.47 Å². The molecule has 5 rings (SSSR count). The number of amides is 2. The van der Waals surface area contributed by atoms with E-state index < -0.39 is 11.7 Å². The fourth-order valence-corrected chi connectivity index (χ4v) is 3.73. The van der Waals surface area contributed by atoms with Crippen LogP contribution in [-0.2, 0) is 4.74 Å². The molecule has 2 amide bonds. The molecule has 0 spiro atoms. The van der Waals surface area contributed by atoms with Crippen LogP contribution in [-0.4, -0.2) is 61.9 Å². The first-order valence-corrected chi connectivity index (χ1v) is 11.4. The summed E-state index contributed by atoms with van der Waals surface area (Å²) in [6.45, 7) is 7.46. The second kappa shape index (κ2) is 8.63. The number of rotatable bonds is 1. The van der Waals surface area contributed by atoms with E-state index in [-0.39, 0.29) is 30.1 Å². The second-order valence-corrected chi connectivity index (χ2v) is 9.54. The van der Waals surface area contributed by atoms with Gasteiger partial charge in [0, 0.05) is 24.7 Å². The van der Waals surface area contributed by atoms with Crippen LogP contribution in [0.4, 0.5) is 22.1 Å². The minimum atomic E-state index is -0.692. The Bertz CT molecular complexity index is 1490. The van der Waals surface area contributed by atoms with Crippen molar-refractivity contribution in [3.05, 3.63) is 42.5 Å². The van der Waals surface area contributed by atoms with Crippen LogP contribution < -0.4 is 20.3 Å². The molecule has 2 N–H and O–H groups in total. The molecule has 0 fully saturated rings. The minimum absolute atomic E-state index is 0.233. The molecule has 12 nitrogen and oxygen atoms in total. The third kappa shape index (κ3) is 4.44. The molecule has 0 aromatic carbocycles. The quantitative estimate of drug-likeness (QED) is 0.412. The van der Waals surface area contributed by atoms with Gasteiger partial charge in [0.2, 0.25) is 0 Å². The zero-order chi connectivity index (χ0) is 25.6. The van der Waals surface area contributed by atoms with Gasteiger partial charge in [0.1, 0.15) is 23.8 Å². The predicted octanol–water partition coefficient (Wildman–Crippen LogP) is 3.30. The van der Waals surface area contributed by atoms with E-state index in [0.717, 1.165) is 5.39 Å². The Hall–Kier alpha value is -4.48. The molecule has 186 valence electrons. The number of pyridine rings is 2. The summed E-state index contributed by atoms with van der Waals surface area (Å²) in [6.07, 6.45) is 4.13. The highest BCUT2D eigenvalue weighted by Crippen LogP contribution is 2.31. The van der Waals surface area contributed by atoms with Gasteiger partial charge in [-0.3, -0.25) is 14.7 Å². The van der Waals surface area contributed by atoms with Crippen molar-refractivity contribution in [2.24, 2.45) is 0 Å².